The van der Waals surface area contributed by atoms with E-state index < -0.39 is 17.7 Å². The Morgan fingerprint density at radius 3 is 2.33 bits per heavy atom. The number of carbonyl (C=O) groups excluding carboxylic acids is 2. The number of rotatable bonds is 7. The first-order valence-corrected chi connectivity index (χ1v) is 12.7. The normalized spacial score (nSPS) is 16.7. The first kappa shape index (κ1) is 26.7. The van der Waals surface area contributed by atoms with E-state index >= 15 is 0 Å². The minimum absolute atomic E-state index is 0.0812. The molecule has 0 saturated carbocycles. The number of imidazole rings is 1. The fraction of sp³-hybridized carbons (Fsp3) is 0.267. The van der Waals surface area contributed by atoms with Crippen molar-refractivity contribution in [3.05, 3.63) is 76.6 Å². The van der Waals surface area contributed by atoms with Crippen LogP contribution in [-0.2, 0) is 9.59 Å². The fourth-order valence-electron chi connectivity index (χ4n) is 5.03. The lowest BCUT2D eigenvalue weighted by molar-refractivity contribution is -0.132. The molecule has 0 radical (unpaired) electrons. The Kier molecular flexibility index (Phi) is 6.93. The number of aliphatic hydroxyl groups excluding tert-OH is 1. The number of nitrogens with one attached hydrogen (secondary N) is 1. The van der Waals surface area contributed by atoms with Crippen molar-refractivity contribution in [3.8, 4) is 17.2 Å². The van der Waals surface area contributed by atoms with Gasteiger partial charge in [0.1, 0.15) is 17.6 Å². The predicted molar refractivity (Wildman–Crippen MR) is 150 cm³/mol. The van der Waals surface area contributed by atoms with E-state index in [9.17, 15) is 14.7 Å². The molecule has 1 amide bonds. The van der Waals surface area contributed by atoms with Crippen LogP contribution in [0, 0.1) is 6.92 Å². The maximum absolute atomic E-state index is 13.6. The summed E-state index contributed by atoms with van der Waals surface area (Å²) in [6.45, 7) is 5.83. The molecule has 2 N–H and O–H groups in total. The molecule has 2 aromatic heterocycles. The van der Waals surface area contributed by atoms with Gasteiger partial charge < -0.3 is 24.3 Å². The lowest BCUT2D eigenvalue weighted by Crippen LogP contribution is -2.30. The minimum atomic E-state index is -1.03. The summed E-state index contributed by atoms with van der Waals surface area (Å²) in [6, 6.07) is 11.2. The third-order valence-corrected chi connectivity index (χ3v) is 7.07. The highest BCUT2D eigenvalue weighted by Crippen LogP contribution is 2.43. The minimum Gasteiger partial charge on any atom is -0.507 e. The third kappa shape index (κ3) is 4.31. The zero-order chi connectivity index (χ0) is 28.7. The van der Waals surface area contributed by atoms with Crippen molar-refractivity contribution in [1.82, 2.24) is 15.0 Å². The number of carbonyl (C=O) groups is 2. The number of hydrogen-bond donors (Lipinski definition) is 2. The van der Waals surface area contributed by atoms with Gasteiger partial charge in [-0.05, 0) is 48.2 Å². The van der Waals surface area contributed by atoms with Gasteiger partial charge >= 0.3 is 5.91 Å². The number of H-pyrrole nitrogens is 1. The summed E-state index contributed by atoms with van der Waals surface area (Å²) in [5.74, 6) is -0.152. The van der Waals surface area contributed by atoms with Crippen molar-refractivity contribution < 1.29 is 28.9 Å². The number of methoxy groups -OCH3 is 3. The van der Waals surface area contributed by atoms with Gasteiger partial charge in [0.05, 0.1) is 43.6 Å². The van der Waals surface area contributed by atoms with E-state index in [1.54, 1.807) is 49.7 Å². The molecule has 1 aliphatic heterocycles. The second-order valence-electron chi connectivity index (χ2n) is 9.77. The third-order valence-electron chi connectivity index (χ3n) is 7.07. The van der Waals surface area contributed by atoms with Gasteiger partial charge in [0.2, 0.25) is 5.95 Å². The number of aliphatic hydroxyl groups is 1. The van der Waals surface area contributed by atoms with Crippen molar-refractivity contribution >= 4 is 34.4 Å². The number of nitrogens with zero attached hydrogens (tertiary/aromatic N) is 3. The summed E-state index contributed by atoms with van der Waals surface area (Å²) < 4.78 is 16.3. The van der Waals surface area contributed by atoms with Crippen molar-refractivity contribution in [2.24, 2.45) is 0 Å². The molecule has 1 fully saturated rings. The number of aromatic nitrogens is 3. The quantitative estimate of drug-likeness (QED) is 0.189. The molecular weight excluding hydrogens is 512 g/mol. The number of fused-ring (bicyclic) bond motifs is 1. The molecule has 0 spiro atoms. The summed E-state index contributed by atoms with van der Waals surface area (Å²) >= 11 is 0. The van der Waals surface area contributed by atoms with Crippen LogP contribution >= 0.6 is 0 Å². The van der Waals surface area contributed by atoms with Crippen molar-refractivity contribution in [1.29, 1.82) is 0 Å². The van der Waals surface area contributed by atoms with Gasteiger partial charge in [0.15, 0.2) is 11.5 Å². The van der Waals surface area contributed by atoms with E-state index in [-0.39, 0.29) is 23.2 Å². The van der Waals surface area contributed by atoms with Gasteiger partial charge in [-0.2, -0.15) is 0 Å². The highest BCUT2D eigenvalue weighted by atomic mass is 16.5. The number of aromatic amines is 1. The van der Waals surface area contributed by atoms with Crippen LogP contribution in [0.4, 0.5) is 5.95 Å². The Bertz CT molecular complexity index is 1620. The van der Waals surface area contributed by atoms with Gasteiger partial charge in [-0.3, -0.25) is 19.5 Å². The number of ether oxygens (including phenoxy) is 3. The number of aryl methyl sites for hydroxylation is 1. The number of pyridine rings is 1. The number of anilines is 1. The van der Waals surface area contributed by atoms with Gasteiger partial charge in [-0.15, -0.1) is 0 Å². The summed E-state index contributed by atoms with van der Waals surface area (Å²) in [7, 11) is 4.63. The molecule has 0 aliphatic carbocycles. The number of Topliss-reactive ketones (excluding diaryl/α,β-unsaturated/α-hetero) is 1. The van der Waals surface area contributed by atoms with Gasteiger partial charge in [-0.25, -0.2) is 4.98 Å². The van der Waals surface area contributed by atoms with E-state index in [0.29, 0.717) is 45.1 Å². The molecule has 1 atom stereocenters. The Labute approximate surface area is 231 Å². The molecular formula is C30H30N4O6. The van der Waals surface area contributed by atoms with Crippen LogP contribution in [0.25, 0.3) is 16.8 Å². The Hall–Kier alpha value is -4.86. The first-order valence-electron chi connectivity index (χ1n) is 12.7. The number of hydrogen-bond acceptors (Lipinski definition) is 8. The van der Waals surface area contributed by atoms with E-state index in [2.05, 4.69) is 15.0 Å². The summed E-state index contributed by atoms with van der Waals surface area (Å²) in [5, 5.41) is 11.7. The summed E-state index contributed by atoms with van der Waals surface area (Å²) in [5.41, 5.74) is 3.37. The van der Waals surface area contributed by atoms with Crippen molar-refractivity contribution in [3.63, 3.8) is 0 Å². The molecule has 5 rings (SSSR count). The average molecular weight is 543 g/mol. The lowest BCUT2D eigenvalue weighted by atomic mass is 9.92. The highest BCUT2D eigenvalue weighted by molar-refractivity contribution is 6.51. The molecule has 1 unspecified atom stereocenters. The topological polar surface area (TPSA) is 127 Å². The van der Waals surface area contributed by atoms with Crippen molar-refractivity contribution in [2.45, 2.75) is 32.7 Å². The van der Waals surface area contributed by atoms with Crippen LogP contribution in [0.5, 0.6) is 17.2 Å². The zero-order valence-corrected chi connectivity index (χ0v) is 23.1. The summed E-state index contributed by atoms with van der Waals surface area (Å²) in [6.07, 6.45) is 1.57. The smallest absolute Gasteiger partial charge is 0.302 e. The Balaban J connectivity index is 1.73. The Morgan fingerprint density at radius 1 is 1.00 bits per heavy atom. The van der Waals surface area contributed by atoms with Crippen LogP contribution in [0.2, 0.25) is 0 Å². The van der Waals surface area contributed by atoms with Gasteiger partial charge in [0, 0.05) is 23.9 Å². The molecule has 1 aliphatic rings. The molecule has 0 bridgehead atoms. The molecule has 10 nitrogen and oxygen atoms in total. The number of ketones is 1. The second-order valence-corrected chi connectivity index (χ2v) is 9.77. The lowest BCUT2D eigenvalue weighted by Gasteiger charge is -2.22. The molecule has 4 aromatic rings. The highest BCUT2D eigenvalue weighted by Gasteiger charge is 2.49. The van der Waals surface area contributed by atoms with Crippen molar-refractivity contribution in [2.75, 3.05) is 26.2 Å². The maximum Gasteiger partial charge on any atom is 0.302 e. The largest absolute Gasteiger partial charge is 0.507 e. The van der Waals surface area contributed by atoms with Crippen LogP contribution in [0.1, 0.15) is 48.2 Å². The Morgan fingerprint density at radius 2 is 1.70 bits per heavy atom. The average Bonchev–Trinajstić information content (AvgIpc) is 3.48. The zero-order valence-electron chi connectivity index (χ0n) is 23.1. The molecule has 1 saturated heterocycles. The maximum atomic E-state index is 13.6. The first-order chi connectivity index (χ1) is 19.2. The number of amides is 1. The predicted octanol–water partition coefficient (Wildman–Crippen LogP) is 5.04. The fourth-order valence-corrected chi connectivity index (χ4v) is 5.03. The monoisotopic (exact) mass is 542 g/mol. The van der Waals surface area contributed by atoms with E-state index in [0.717, 1.165) is 5.56 Å². The summed E-state index contributed by atoms with van der Waals surface area (Å²) in [4.78, 5) is 40.6. The number of benzene rings is 2. The van der Waals surface area contributed by atoms with Crippen LogP contribution in [-0.4, -0.2) is 53.1 Å². The SMILES string of the molecule is COc1cc2nc(N3C(=O)C(=O)/C(=C(/O)c4cc(C(C)C)c(OC)cc4C)C3c3ccccn3)[nH]c2cc1OC. The molecule has 206 valence electrons. The van der Waals surface area contributed by atoms with Gasteiger partial charge in [-0.1, -0.05) is 19.9 Å². The molecule has 40 heavy (non-hydrogen) atoms. The second kappa shape index (κ2) is 10.4. The molecule has 10 heteroatoms. The van der Waals surface area contributed by atoms with E-state index in [1.165, 1.54) is 19.1 Å². The van der Waals surface area contributed by atoms with Crippen LogP contribution in [0.15, 0.2) is 54.2 Å². The van der Waals surface area contributed by atoms with Crippen LogP contribution in [0.3, 0.4) is 0 Å². The molecule has 2 aromatic carbocycles. The van der Waals surface area contributed by atoms with E-state index in [4.69, 9.17) is 14.2 Å². The van der Waals surface area contributed by atoms with Crippen LogP contribution < -0.4 is 19.1 Å². The molecule has 3 heterocycles. The van der Waals surface area contributed by atoms with E-state index in [1.807, 2.05) is 26.8 Å². The standard InChI is InChI=1S/C30H30N4O6/c1-15(2)17-12-18(16(3)11-22(17)38-4)27(35)25-26(19-9-7-8-10-31-19)34(29(37)28(25)36)30-32-20-13-23(39-5)24(40-6)14-21(20)33-30/h7-15,26,35H,1-6H3,(H,32,33)/b27-25+. The van der Waals surface area contributed by atoms with Gasteiger partial charge in [0.25, 0.3) is 5.78 Å².